The molecule has 1 fully saturated rings. The van der Waals surface area contributed by atoms with E-state index >= 15 is 0 Å². The van der Waals surface area contributed by atoms with Gasteiger partial charge in [-0.1, -0.05) is 6.92 Å². The van der Waals surface area contributed by atoms with Crippen LogP contribution in [-0.2, 0) is 4.79 Å². The zero-order valence-corrected chi connectivity index (χ0v) is 7.89. The summed E-state index contributed by atoms with van der Waals surface area (Å²) >= 11 is 0. The topological polar surface area (TPSA) is 41.1 Å². The van der Waals surface area contributed by atoms with Gasteiger partial charge in [0.25, 0.3) is 0 Å². The second-order valence-corrected chi connectivity index (χ2v) is 3.53. The summed E-state index contributed by atoms with van der Waals surface area (Å²) in [5.41, 5.74) is 0. The molecule has 0 unspecified atom stereocenters. The second-order valence-electron chi connectivity index (χ2n) is 3.53. The van der Waals surface area contributed by atoms with Crippen molar-refractivity contribution in [2.45, 2.75) is 32.7 Å². The average Bonchev–Trinajstić information content (AvgIpc) is 2.05. The number of likely N-dealkylation sites (N-methyl/N-ethyl adjacent to an activating group) is 1. The maximum atomic E-state index is 11.4. The molecule has 1 amide bonds. The molecule has 1 rings (SSSR count). The minimum absolute atomic E-state index is 0.0497. The Balaban J connectivity index is 2.35. The monoisotopic (exact) mass is 170 g/mol. The Bertz CT molecular complexity index is 159. The average molecular weight is 170 g/mol. The maximum Gasteiger partial charge on any atom is 0.237 e. The number of hydrogen-bond acceptors (Lipinski definition) is 2. The smallest absolute Gasteiger partial charge is 0.237 e. The summed E-state index contributed by atoms with van der Waals surface area (Å²) in [5, 5.41) is 6.06. The lowest BCUT2D eigenvalue weighted by Crippen LogP contribution is -2.48. The molecule has 1 heterocycles. The summed E-state index contributed by atoms with van der Waals surface area (Å²) in [6.45, 7) is 5.85. The SMILES string of the molecule is CCNC(=O)[C@H]1C[C@H](C)CCN1. The lowest BCUT2D eigenvalue weighted by Gasteiger charge is -2.26. The molecule has 2 N–H and O–H groups in total. The van der Waals surface area contributed by atoms with Crippen LogP contribution in [0.3, 0.4) is 0 Å². The predicted octanol–water partition coefficient (Wildman–Crippen LogP) is 0.511. The van der Waals surface area contributed by atoms with Crippen molar-refractivity contribution in [3.8, 4) is 0 Å². The van der Waals surface area contributed by atoms with Crippen molar-refractivity contribution in [3.05, 3.63) is 0 Å². The van der Waals surface area contributed by atoms with Crippen LogP contribution in [0.2, 0.25) is 0 Å². The normalized spacial score (nSPS) is 29.8. The molecular weight excluding hydrogens is 152 g/mol. The zero-order valence-electron chi connectivity index (χ0n) is 7.89. The van der Waals surface area contributed by atoms with Crippen LogP contribution >= 0.6 is 0 Å². The van der Waals surface area contributed by atoms with Crippen LogP contribution in [0.1, 0.15) is 26.7 Å². The Labute approximate surface area is 73.9 Å². The molecule has 1 aliphatic rings. The number of hydrogen-bond donors (Lipinski definition) is 2. The van der Waals surface area contributed by atoms with Crippen molar-refractivity contribution in [1.82, 2.24) is 10.6 Å². The lowest BCUT2D eigenvalue weighted by molar-refractivity contribution is -0.123. The van der Waals surface area contributed by atoms with Crippen LogP contribution in [0.15, 0.2) is 0 Å². The van der Waals surface area contributed by atoms with E-state index in [1.54, 1.807) is 0 Å². The fraction of sp³-hybridized carbons (Fsp3) is 0.889. The zero-order chi connectivity index (χ0) is 8.97. The third-order valence-electron chi connectivity index (χ3n) is 2.33. The Morgan fingerprint density at radius 3 is 3.00 bits per heavy atom. The molecule has 12 heavy (non-hydrogen) atoms. The molecule has 3 nitrogen and oxygen atoms in total. The number of piperidine rings is 1. The molecule has 0 aromatic carbocycles. The summed E-state index contributed by atoms with van der Waals surface area (Å²) in [4.78, 5) is 11.4. The van der Waals surface area contributed by atoms with Crippen LogP contribution in [0, 0.1) is 5.92 Å². The number of amides is 1. The summed E-state index contributed by atoms with van der Waals surface area (Å²) in [6, 6.07) is 0.0497. The highest BCUT2D eigenvalue weighted by Crippen LogP contribution is 2.14. The minimum Gasteiger partial charge on any atom is -0.355 e. The third-order valence-corrected chi connectivity index (χ3v) is 2.33. The van der Waals surface area contributed by atoms with E-state index in [4.69, 9.17) is 0 Å². The molecule has 0 bridgehead atoms. The Morgan fingerprint density at radius 2 is 2.42 bits per heavy atom. The van der Waals surface area contributed by atoms with Gasteiger partial charge in [-0.2, -0.15) is 0 Å². The van der Waals surface area contributed by atoms with E-state index in [9.17, 15) is 4.79 Å². The van der Waals surface area contributed by atoms with Crippen LogP contribution in [0.5, 0.6) is 0 Å². The van der Waals surface area contributed by atoms with Gasteiger partial charge in [0.05, 0.1) is 6.04 Å². The largest absolute Gasteiger partial charge is 0.355 e. The van der Waals surface area contributed by atoms with E-state index in [0.29, 0.717) is 5.92 Å². The lowest BCUT2D eigenvalue weighted by atomic mass is 9.94. The molecule has 0 aromatic rings. The number of rotatable bonds is 2. The molecule has 0 aliphatic carbocycles. The maximum absolute atomic E-state index is 11.4. The molecule has 0 aromatic heterocycles. The Morgan fingerprint density at radius 1 is 1.67 bits per heavy atom. The standard InChI is InChI=1S/C9H18N2O/c1-3-10-9(12)8-6-7(2)4-5-11-8/h7-8,11H,3-6H2,1-2H3,(H,10,12)/t7-,8-/m1/s1. The quantitative estimate of drug-likeness (QED) is 0.634. The highest BCUT2D eigenvalue weighted by Gasteiger charge is 2.23. The number of nitrogens with one attached hydrogen (secondary N) is 2. The molecular formula is C9H18N2O. The van der Waals surface area contributed by atoms with Gasteiger partial charge in [0.1, 0.15) is 0 Å². The Kier molecular flexibility index (Phi) is 3.53. The van der Waals surface area contributed by atoms with Gasteiger partial charge in [0, 0.05) is 6.54 Å². The predicted molar refractivity (Wildman–Crippen MR) is 48.9 cm³/mol. The summed E-state index contributed by atoms with van der Waals surface area (Å²) in [6.07, 6.45) is 2.17. The van der Waals surface area contributed by atoms with Crippen molar-refractivity contribution in [2.75, 3.05) is 13.1 Å². The first-order valence-corrected chi connectivity index (χ1v) is 4.75. The molecule has 3 heteroatoms. The third kappa shape index (κ3) is 2.48. The summed E-state index contributed by atoms with van der Waals surface area (Å²) < 4.78 is 0. The molecule has 0 radical (unpaired) electrons. The first kappa shape index (κ1) is 9.52. The van der Waals surface area contributed by atoms with Gasteiger partial charge in [-0.25, -0.2) is 0 Å². The van der Waals surface area contributed by atoms with E-state index in [2.05, 4.69) is 17.6 Å². The number of carbonyl (C=O) groups excluding carboxylic acids is 1. The molecule has 2 atom stereocenters. The fourth-order valence-corrected chi connectivity index (χ4v) is 1.60. The van der Waals surface area contributed by atoms with E-state index in [0.717, 1.165) is 19.5 Å². The van der Waals surface area contributed by atoms with Crippen LogP contribution < -0.4 is 10.6 Å². The van der Waals surface area contributed by atoms with E-state index < -0.39 is 0 Å². The van der Waals surface area contributed by atoms with Gasteiger partial charge >= 0.3 is 0 Å². The molecule has 0 spiro atoms. The van der Waals surface area contributed by atoms with Crippen molar-refractivity contribution >= 4 is 5.91 Å². The van der Waals surface area contributed by atoms with Crippen molar-refractivity contribution in [3.63, 3.8) is 0 Å². The molecule has 1 saturated heterocycles. The fourth-order valence-electron chi connectivity index (χ4n) is 1.60. The van der Waals surface area contributed by atoms with Crippen molar-refractivity contribution in [2.24, 2.45) is 5.92 Å². The number of carbonyl (C=O) groups is 1. The van der Waals surface area contributed by atoms with Gasteiger partial charge in [0.2, 0.25) is 5.91 Å². The van der Waals surface area contributed by atoms with Crippen molar-refractivity contribution < 1.29 is 4.79 Å². The molecule has 1 aliphatic heterocycles. The van der Waals surface area contributed by atoms with E-state index in [1.165, 1.54) is 6.42 Å². The van der Waals surface area contributed by atoms with Crippen LogP contribution in [0.4, 0.5) is 0 Å². The molecule has 0 saturated carbocycles. The van der Waals surface area contributed by atoms with Gasteiger partial charge in [0.15, 0.2) is 0 Å². The first-order chi connectivity index (χ1) is 5.74. The Hall–Kier alpha value is -0.570. The van der Waals surface area contributed by atoms with Gasteiger partial charge in [-0.3, -0.25) is 4.79 Å². The summed E-state index contributed by atoms with van der Waals surface area (Å²) in [5.74, 6) is 0.836. The first-order valence-electron chi connectivity index (χ1n) is 4.75. The summed E-state index contributed by atoms with van der Waals surface area (Å²) in [7, 11) is 0. The van der Waals surface area contributed by atoms with E-state index in [1.807, 2.05) is 6.92 Å². The van der Waals surface area contributed by atoms with Gasteiger partial charge < -0.3 is 10.6 Å². The van der Waals surface area contributed by atoms with E-state index in [-0.39, 0.29) is 11.9 Å². The highest BCUT2D eigenvalue weighted by molar-refractivity contribution is 5.81. The van der Waals surface area contributed by atoms with Crippen molar-refractivity contribution in [1.29, 1.82) is 0 Å². The van der Waals surface area contributed by atoms with Gasteiger partial charge in [-0.15, -0.1) is 0 Å². The van der Waals surface area contributed by atoms with Crippen LogP contribution in [-0.4, -0.2) is 25.0 Å². The van der Waals surface area contributed by atoms with Gasteiger partial charge in [-0.05, 0) is 32.2 Å². The second kappa shape index (κ2) is 4.45. The highest BCUT2D eigenvalue weighted by atomic mass is 16.2. The minimum atomic E-state index is 0.0497. The molecule has 70 valence electrons. The van der Waals surface area contributed by atoms with Crippen LogP contribution in [0.25, 0.3) is 0 Å².